The lowest BCUT2D eigenvalue weighted by molar-refractivity contribution is 0.149. The fraction of sp³-hybridized carbons (Fsp3) is 0.105. The second kappa shape index (κ2) is 6.90. The van der Waals surface area contributed by atoms with E-state index in [1.54, 1.807) is 30.3 Å². The van der Waals surface area contributed by atoms with Crippen LogP contribution in [0.4, 0.5) is 0 Å². The van der Waals surface area contributed by atoms with Gasteiger partial charge in [-0.1, -0.05) is 42.5 Å². The number of benzene rings is 2. The van der Waals surface area contributed by atoms with E-state index in [-0.39, 0.29) is 12.1 Å². The molecular formula is C19H15N3O2. The summed E-state index contributed by atoms with van der Waals surface area (Å²) in [5.41, 5.74) is 2.45. The number of nitrogens with zero attached hydrogens (tertiary/aromatic N) is 3. The zero-order valence-electron chi connectivity index (χ0n) is 12.8. The Balaban J connectivity index is 1.86. The van der Waals surface area contributed by atoms with Crippen LogP contribution >= 0.6 is 0 Å². The summed E-state index contributed by atoms with van der Waals surface area (Å²) in [4.78, 5) is 12.0. The van der Waals surface area contributed by atoms with Crippen molar-refractivity contribution in [3.8, 4) is 17.3 Å². The highest BCUT2D eigenvalue weighted by Crippen LogP contribution is 2.17. The number of aliphatic hydroxyl groups excluding tert-OH is 1. The van der Waals surface area contributed by atoms with E-state index >= 15 is 0 Å². The van der Waals surface area contributed by atoms with E-state index in [2.05, 4.69) is 5.10 Å². The first-order valence-electron chi connectivity index (χ1n) is 7.49. The van der Waals surface area contributed by atoms with Gasteiger partial charge in [-0.15, -0.1) is 0 Å². The van der Waals surface area contributed by atoms with Gasteiger partial charge in [-0.25, -0.2) is 4.68 Å². The molecule has 3 aromatic rings. The van der Waals surface area contributed by atoms with Gasteiger partial charge in [0, 0.05) is 11.6 Å². The van der Waals surface area contributed by atoms with E-state index in [4.69, 9.17) is 5.26 Å². The summed E-state index contributed by atoms with van der Waals surface area (Å²) in [5.74, 6) is 0. The summed E-state index contributed by atoms with van der Waals surface area (Å²) < 4.78 is 1.26. The van der Waals surface area contributed by atoms with E-state index in [1.807, 2.05) is 36.4 Å². The minimum atomic E-state index is -0.881. The van der Waals surface area contributed by atoms with Crippen LogP contribution in [-0.2, 0) is 6.54 Å². The van der Waals surface area contributed by atoms with Crippen molar-refractivity contribution in [3.63, 3.8) is 0 Å². The largest absolute Gasteiger partial charge is 0.386 e. The molecule has 0 aliphatic heterocycles. The van der Waals surface area contributed by atoms with Crippen molar-refractivity contribution in [1.29, 1.82) is 5.26 Å². The van der Waals surface area contributed by atoms with Crippen LogP contribution < -0.4 is 5.56 Å². The van der Waals surface area contributed by atoms with E-state index in [9.17, 15) is 9.90 Å². The number of aromatic nitrogens is 2. The molecule has 0 aliphatic rings. The molecule has 0 saturated carbocycles. The third-order valence-electron chi connectivity index (χ3n) is 3.71. The van der Waals surface area contributed by atoms with Crippen molar-refractivity contribution in [2.75, 3.05) is 0 Å². The summed E-state index contributed by atoms with van der Waals surface area (Å²) in [6.07, 6.45) is -0.881. The van der Waals surface area contributed by atoms with Gasteiger partial charge < -0.3 is 5.11 Å². The van der Waals surface area contributed by atoms with Gasteiger partial charge in [-0.05, 0) is 23.8 Å². The molecule has 0 saturated heterocycles. The molecule has 0 fully saturated rings. The summed E-state index contributed by atoms with van der Waals surface area (Å²) in [6.45, 7) is 0.0470. The predicted molar refractivity (Wildman–Crippen MR) is 90.0 cm³/mol. The molecule has 1 unspecified atom stereocenters. The summed E-state index contributed by atoms with van der Waals surface area (Å²) in [5, 5.41) is 23.5. The Kier molecular flexibility index (Phi) is 4.50. The SMILES string of the molecule is N#Cc1ccc(C(O)Cn2nc(-c3ccccc3)ccc2=O)cc1. The van der Waals surface area contributed by atoms with Crippen molar-refractivity contribution < 1.29 is 5.11 Å². The van der Waals surface area contributed by atoms with Crippen molar-refractivity contribution in [2.24, 2.45) is 0 Å². The predicted octanol–water partition coefficient (Wildman–Crippen LogP) is 2.52. The van der Waals surface area contributed by atoms with Crippen LogP contribution in [-0.4, -0.2) is 14.9 Å². The monoisotopic (exact) mass is 317 g/mol. The molecule has 1 aromatic heterocycles. The third kappa shape index (κ3) is 3.40. The maximum atomic E-state index is 12.0. The van der Waals surface area contributed by atoms with Gasteiger partial charge in [-0.3, -0.25) is 4.79 Å². The average molecular weight is 317 g/mol. The molecule has 0 aliphatic carbocycles. The van der Waals surface area contributed by atoms with Crippen molar-refractivity contribution >= 4 is 0 Å². The number of nitriles is 1. The molecule has 0 radical (unpaired) electrons. The van der Waals surface area contributed by atoms with Crippen LogP contribution in [0.15, 0.2) is 71.5 Å². The zero-order valence-corrected chi connectivity index (χ0v) is 12.8. The Bertz CT molecular complexity index is 925. The summed E-state index contributed by atoms with van der Waals surface area (Å²) >= 11 is 0. The lowest BCUT2D eigenvalue weighted by atomic mass is 10.1. The van der Waals surface area contributed by atoms with Crippen LogP contribution in [0, 0.1) is 11.3 Å². The molecule has 5 nitrogen and oxygen atoms in total. The molecular weight excluding hydrogens is 302 g/mol. The van der Waals surface area contributed by atoms with Gasteiger partial charge in [0.25, 0.3) is 5.56 Å². The van der Waals surface area contributed by atoms with Gasteiger partial charge in [0.05, 0.1) is 30.0 Å². The minimum absolute atomic E-state index is 0.0470. The lowest BCUT2D eigenvalue weighted by Gasteiger charge is -2.13. The first-order valence-corrected chi connectivity index (χ1v) is 7.49. The molecule has 1 N–H and O–H groups in total. The van der Waals surface area contributed by atoms with Crippen molar-refractivity contribution in [1.82, 2.24) is 9.78 Å². The van der Waals surface area contributed by atoms with Crippen LogP contribution in [0.5, 0.6) is 0 Å². The zero-order chi connectivity index (χ0) is 16.9. The smallest absolute Gasteiger partial charge is 0.266 e. The molecule has 0 amide bonds. The Morgan fingerprint density at radius 3 is 2.42 bits per heavy atom. The number of hydrogen-bond donors (Lipinski definition) is 1. The molecule has 0 bridgehead atoms. The molecule has 0 spiro atoms. The van der Waals surface area contributed by atoms with Crippen LogP contribution in [0.25, 0.3) is 11.3 Å². The molecule has 1 atom stereocenters. The fourth-order valence-electron chi connectivity index (χ4n) is 2.39. The first kappa shape index (κ1) is 15.7. The average Bonchev–Trinajstić information content (AvgIpc) is 2.64. The normalized spacial score (nSPS) is 11.7. The number of aliphatic hydroxyl groups is 1. The van der Waals surface area contributed by atoms with Gasteiger partial charge in [0.1, 0.15) is 0 Å². The quantitative estimate of drug-likeness (QED) is 0.802. The standard InChI is InChI=1S/C19H15N3O2/c20-12-14-6-8-16(9-7-14)18(23)13-22-19(24)11-10-17(21-22)15-4-2-1-3-5-15/h1-11,18,23H,13H2. The Morgan fingerprint density at radius 1 is 1.04 bits per heavy atom. The van der Waals surface area contributed by atoms with Gasteiger partial charge in [0.2, 0.25) is 0 Å². The molecule has 5 heteroatoms. The van der Waals surface area contributed by atoms with E-state index in [0.717, 1.165) is 5.56 Å². The second-order valence-corrected chi connectivity index (χ2v) is 5.35. The third-order valence-corrected chi connectivity index (χ3v) is 3.71. The Morgan fingerprint density at radius 2 is 1.75 bits per heavy atom. The maximum absolute atomic E-state index is 12.0. The number of rotatable bonds is 4. The lowest BCUT2D eigenvalue weighted by Crippen LogP contribution is -2.25. The fourth-order valence-corrected chi connectivity index (χ4v) is 2.39. The topological polar surface area (TPSA) is 78.9 Å². The Labute approximate surface area is 139 Å². The molecule has 3 rings (SSSR count). The van der Waals surface area contributed by atoms with Crippen molar-refractivity contribution in [3.05, 3.63) is 88.2 Å². The van der Waals surface area contributed by atoms with Gasteiger partial charge >= 0.3 is 0 Å². The number of hydrogen-bond acceptors (Lipinski definition) is 4. The van der Waals surface area contributed by atoms with Crippen molar-refractivity contribution in [2.45, 2.75) is 12.6 Å². The first-order chi connectivity index (χ1) is 11.7. The molecule has 24 heavy (non-hydrogen) atoms. The second-order valence-electron chi connectivity index (χ2n) is 5.35. The van der Waals surface area contributed by atoms with Crippen LogP contribution in [0.2, 0.25) is 0 Å². The van der Waals surface area contributed by atoms with Gasteiger partial charge in [0.15, 0.2) is 0 Å². The molecule has 2 aromatic carbocycles. The summed E-state index contributed by atoms with van der Waals surface area (Å²) in [7, 11) is 0. The van der Waals surface area contributed by atoms with E-state index < -0.39 is 6.10 Å². The maximum Gasteiger partial charge on any atom is 0.266 e. The highest BCUT2D eigenvalue weighted by Gasteiger charge is 2.11. The van der Waals surface area contributed by atoms with Crippen LogP contribution in [0.3, 0.4) is 0 Å². The minimum Gasteiger partial charge on any atom is -0.386 e. The van der Waals surface area contributed by atoms with Crippen LogP contribution in [0.1, 0.15) is 17.2 Å². The highest BCUT2D eigenvalue weighted by molar-refractivity contribution is 5.57. The Hall–Kier alpha value is -3.23. The van der Waals surface area contributed by atoms with Gasteiger partial charge in [-0.2, -0.15) is 10.4 Å². The van der Waals surface area contributed by atoms with E-state index in [1.165, 1.54) is 10.7 Å². The summed E-state index contributed by atoms with van der Waals surface area (Å²) in [6, 6.07) is 21.3. The van der Waals surface area contributed by atoms with E-state index in [0.29, 0.717) is 16.8 Å². The molecule has 1 heterocycles. The molecule has 118 valence electrons. The highest BCUT2D eigenvalue weighted by atomic mass is 16.3.